The molecule has 0 saturated carbocycles. The van der Waals surface area contributed by atoms with Crippen LogP contribution in [0.3, 0.4) is 0 Å². The van der Waals surface area contributed by atoms with Crippen LogP contribution in [0.5, 0.6) is 5.75 Å². The third-order valence-corrected chi connectivity index (χ3v) is 3.71. The van der Waals surface area contributed by atoms with E-state index in [4.69, 9.17) is 0 Å². The molecular formula is C14H13F5N2O4. The van der Waals surface area contributed by atoms with Crippen molar-refractivity contribution in [2.45, 2.75) is 31.5 Å². The number of urea groups is 1. The maximum atomic E-state index is 13.3. The van der Waals surface area contributed by atoms with Crippen molar-refractivity contribution < 1.29 is 41.4 Å². The van der Waals surface area contributed by atoms with Gasteiger partial charge in [0.2, 0.25) is 5.72 Å². The van der Waals surface area contributed by atoms with Crippen molar-refractivity contribution in [3.05, 3.63) is 29.8 Å². The van der Waals surface area contributed by atoms with Gasteiger partial charge in [0.05, 0.1) is 12.0 Å². The number of carbonyl (C=O) groups excluding carboxylic acids is 2. The van der Waals surface area contributed by atoms with Gasteiger partial charge >= 0.3 is 18.8 Å². The lowest BCUT2D eigenvalue weighted by molar-refractivity contribution is -0.290. The molecule has 0 bridgehead atoms. The minimum absolute atomic E-state index is 0.305. The first-order valence-corrected chi connectivity index (χ1v) is 6.89. The highest BCUT2D eigenvalue weighted by Gasteiger charge is 2.65. The summed E-state index contributed by atoms with van der Waals surface area (Å²) in [5, 5.41) is 13.4. The highest BCUT2D eigenvalue weighted by atomic mass is 19.4. The maximum absolute atomic E-state index is 13.3. The molecule has 1 aliphatic heterocycles. The molecule has 1 aliphatic rings. The van der Waals surface area contributed by atoms with E-state index >= 15 is 0 Å². The summed E-state index contributed by atoms with van der Waals surface area (Å²) in [7, 11) is 0. The average molecular weight is 368 g/mol. The van der Waals surface area contributed by atoms with Gasteiger partial charge in [0.1, 0.15) is 11.5 Å². The predicted molar refractivity (Wildman–Crippen MR) is 72.7 cm³/mol. The molecule has 0 radical (unpaired) electrons. The SMILES string of the molecule is CC(=O)[C@H]1[C@H](c2ccccc2OC(F)F)NC(=O)N[C@]1(O)C(F)(F)F. The number of benzene rings is 1. The van der Waals surface area contributed by atoms with Crippen molar-refractivity contribution in [3.8, 4) is 5.75 Å². The Bertz CT molecular complexity index is 681. The number of Topliss-reactive ketones (excluding diaryl/α,β-unsaturated/α-hetero) is 1. The summed E-state index contributed by atoms with van der Waals surface area (Å²) < 4.78 is 69.2. The molecule has 1 aromatic rings. The Morgan fingerprint density at radius 2 is 1.92 bits per heavy atom. The van der Waals surface area contributed by atoms with E-state index in [1.54, 1.807) is 0 Å². The van der Waals surface area contributed by atoms with Crippen LogP contribution in [0.2, 0.25) is 0 Å². The van der Waals surface area contributed by atoms with Gasteiger partial charge in [-0.15, -0.1) is 0 Å². The van der Waals surface area contributed by atoms with E-state index in [-0.39, 0.29) is 5.56 Å². The number of para-hydroxylation sites is 1. The molecule has 3 N–H and O–H groups in total. The van der Waals surface area contributed by atoms with Crippen LogP contribution < -0.4 is 15.4 Å². The molecule has 2 amide bonds. The van der Waals surface area contributed by atoms with Crippen LogP contribution in [0.15, 0.2) is 24.3 Å². The Labute approximate surface area is 138 Å². The number of amides is 2. The standard InChI is InChI=1S/C14H13F5N2O4/c1-6(22)9-10(7-4-2-3-5-8(7)25-11(15)16)20-12(23)21-13(9,24)14(17,18)19/h2-5,9-11,24H,1H3,(H2,20,21,23)/t9-,10-,13+/m0/s1. The molecule has 0 spiro atoms. The smallest absolute Gasteiger partial charge is 0.434 e. The van der Waals surface area contributed by atoms with Crippen LogP contribution in [-0.4, -0.2) is 35.4 Å². The highest BCUT2D eigenvalue weighted by molar-refractivity contribution is 5.86. The maximum Gasteiger partial charge on any atom is 0.437 e. The number of halogens is 5. The Morgan fingerprint density at radius 3 is 2.44 bits per heavy atom. The molecule has 6 nitrogen and oxygen atoms in total. The second-order valence-corrected chi connectivity index (χ2v) is 5.34. The number of ether oxygens (including phenoxy) is 1. The topological polar surface area (TPSA) is 87.7 Å². The third kappa shape index (κ3) is 3.50. The number of aliphatic hydroxyl groups is 1. The fourth-order valence-corrected chi connectivity index (χ4v) is 2.73. The van der Waals surface area contributed by atoms with Gasteiger partial charge in [-0.25, -0.2) is 4.79 Å². The van der Waals surface area contributed by atoms with Crippen LogP contribution in [0, 0.1) is 5.92 Å². The molecule has 1 heterocycles. The number of alkyl halides is 5. The Hall–Kier alpha value is -2.43. The van der Waals surface area contributed by atoms with E-state index in [9.17, 15) is 36.6 Å². The number of hydrogen-bond donors (Lipinski definition) is 3. The molecule has 1 aromatic carbocycles. The van der Waals surface area contributed by atoms with Crippen LogP contribution >= 0.6 is 0 Å². The van der Waals surface area contributed by atoms with Gasteiger partial charge in [-0.3, -0.25) is 4.79 Å². The molecule has 0 unspecified atom stereocenters. The lowest BCUT2D eigenvalue weighted by Crippen LogP contribution is -2.72. The van der Waals surface area contributed by atoms with E-state index in [0.717, 1.165) is 19.1 Å². The van der Waals surface area contributed by atoms with Gasteiger partial charge in [0.15, 0.2) is 0 Å². The van der Waals surface area contributed by atoms with E-state index in [1.807, 2.05) is 5.32 Å². The second kappa shape index (κ2) is 6.47. The van der Waals surface area contributed by atoms with Gasteiger partial charge in [-0.2, -0.15) is 22.0 Å². The zero-order chi connectivity index (χ0) is 19.0. The molecule has 25 heavy (non-hydrogen) atoms. The summed E-state index contributed by atoms with van der Waals surface area (Å²) in [6.07, 6.45) is -5.39. The van der Waals surface area contributed by atoms with Crippen molar-refractivity contribution in [2.24, 2.45) is 5.92 Å². The monoisotopic (exact) mass is 368 g/mol. The molecule has 1 fully saturated rings. The number of hydrogen-bond acceptors (Lipinski definition) is 4. The minimum Gasteiger partial charge on any atom is -0.434 e. The van der Waals surface area contributed by atoms with Gasteiger partial charge in [-0.1, -0.05) is 18.2 Å². The Morgan fingerprint density at radius 1 is 1.32 bits per heavy atom. The largest absolute Gasteiger partial charge is 0.437 e. The molecule has 0 aromatic heterocycles. The fraction of sp³-hybridized carbons (Fsp3) is 0.429. The highest BCUT2D eigenvalue weighted by Crippen LogP contribution is 2.44. The van der Waals surface area contributed by atoms with Crippen LogP contribution in [-0.2, 0) is 4.79 Å². The first kappa shape index (κ1) is 18.9. The van der Waals surface area contributed by atoms with Gasteiger partial charge < -0.3 is 20.5 Å². The molecule has 3 atom stereocenters. The second-order valence-electron chi connectivity index (χ2n) is 5.34. The number of carbonyl (C=O) groups is 2. The molecular weight excluding hydrogens is 355 g/mol. The van der Waals surface area contributed by atoms with Gasteiger partial charge in [-0.05, 0) is 13.0 Å². The van der Waals surface area contributed by atoms with Gasteiger partial charge in [0.25, 0.3) is 0 Å². The summed E-state index contributed by atoms with van der Waals surface area (Å²) in [5.41, 5.74) is -4.18. The lowest BCUT2D eigenvalue weighted by atomic mass is 9.79. The zero-order valence-corrected chi connectivity index (χ0v) is 12.6. The normalized spacial score (nSPS) is 26.8. The first-order valence-electron chi connectivity index (χ1n) is 6.89. The van der Waals surface area contributed by atoms with Crippen molar-refractivity contribution in [2.75, 3.05) is 0 Å². The van der Waals surface area contributed by atoms with E-state index in [0.29, 0.717) is 0 Å². The summed E-state index contributed by atoms with van der Waals surface area (Å²) >= 11 is 0. The van der Waals surface area contributed by atoms with Crippen molar-refractivity contribution >= 4 is 11.8 Å². The number of ketones is 1. The van der Waals surface area contributed by atoms with Gasteiger partial charge in [0, 0.05) is 5.56 Å². The molecule has 0 aliphatic carbocycles. The Kier molecular flexibility index (Phi) is 4.89. The van der Waals surface area contributed by atoms with Crippen molar-refractivity contribution in [1.29, 1.82) is 0 Å². The van der Waals surface area contributed by atoms with E-state index in [1.165, 1.54) is 17.4 Å². The quantitative estimate of drug-likeness (QED) is 0.711. The molecule has 1 saturated heterocycles. The fourth-order valence-electron chi connectivity index (χ4n) is 2.73. The van der Waals surface area contributed by atoms with Crippen molar-refractivity contribution in [3.63, 3.8) is 0 Å². The van der Waals surface area contributed by atoms with Crippen molar-refractivity contribution in [1.82, 2.24) is 10.6 Å². The minimum atomic E-state index is -5.39. The predicted octanol–water partition coefficient (Wildman–Crippen LogP) is 2.10. The molecule has 2 rings (SSSR count). The van der Waals surface area contributed by atoms with Crippen LogP contribution in [0.1, 0.15) is 18.5 Å². The first-order chi connectivity index (χ1) is 11.5. The summed E-state index contributed by atoms with van der Waals surface area (Å²) in [4.78, 5) is 23.5. The average Bonchev–Trinajstić information content (AvgIpc) is 2.44. The third-order valence-electron chi connectivity index (χ3n) is 3.71. The van der Waals surface area contributed by atoms with E-state index < -0.39 is 48.0 Å². The molecule has 138 valence electrons. The van der Waals surface area contributed by atoms with Crippen LogP contribution in [0.4, 0.5) is 26.7 Å². The number of rotatable bonds is 4. The molecule has 11 heteroatoms. The van der Waals surface area contributed by atoms with Crippen LogP contribution in [0.25, 0.3) is 0 Å². The Balaban J connectivity index is 2.59. The van der Waals surface area contributed by atoms with E-state index in [2.05, 4.69) is 4.74 Å². The zero-order valence-electron chi connectivity index (χ0n) is 12.6. The lowest BCUT2D eigenvalue weighted by Gasteiger charge is -2.44. The summed E-state index contributed by atoms with van der Waals surface area (Å²) in [6.45, 7) is -2.50. The summed E-state index contributed by atoms with van der Waals surface area (Å²) in [5.74, 6) is -3.88. The number of nitrogens with one attached hydrogen (secondary N) is 2. The summed E-state index contributed by atoms with van der Waals surface area (Å²) in [6, 6.07) is 1.57.